The number of hydrogen-bond donors (Lipinski definition) is 3. The SMILES string of the molecule is CC(C)C1CCCC(O)(C2(N)CCNCC2)C1. The van der Waals surface area contributed by atoms with Gasteiger partial charge in [0.1, 0.15) is 0 Å². The van der Waals surface area contributed by atoms with Crippen LogP contribution in [-0.4, -0.2) is 29.3 Å². The Kier molecular flexibility index (Phi) is 3.81. The third kappa shape index (κ3) is 2.51. The Morgan fingerprint density at radius 3 is 2.47 bits per heavy atom. The molecular formula is C14H28N2O. The molecule has 0 spiro atoms. The van der Waals surface area contributed by atoms with E-state index in [1.807, 2.05) is 0 Å². The molecule has 3 heteroatoms. The summed E-state index contributed by atoms with van der Waals surface area (Å²) in [5, 5.41) is 14.4. The first-order valence-electron chi connectivity index (χ1n) is 7.19. The van der Waals surface area contributed by atoms with Gasteiger partial charge in [-0.3, -0.25) is 0 Å². The molecule has 2 aliphatic rings. The number of piperidine rings is 1. The van der Waals surface area contributed by atoms with E-state index in [2.05, 4.69) is 19.2 Å². The maximum atomic E-state index is 11.0. The second-order valence-electron chi connectivity index (χ2n) is 6.54. The third-order valence-corrected chi connectivity index (χ3v) is 5.13. The maximum absolute atomic E-state index is 11.0. The van der Waals surface area contributed by atoms with Crippen LogP contribution in [0.1, 0.15) is 52.4 Å². The van der Waals surface area contributed by atoms with Crippen molar-refractivity contribution in [2.75, 3.05) is 13.1 Å². The smallest absolute Gasteiger partial charge is 0.0830 e. The first-order chi connectivity index (χ1) is 7.97. The van der Waals surface area contributed by atoms with Crippen LogP contribution in [0.15, 0.2) is 0 Å². The predicted molar refractivity (Wildman–Crippen MR) is 70.8 cm³/mol. The van der Waals surface area contributed by atoms with Gasteiger partial charge in [-0.05, 0) is 57.0 Å². The summed E-state index contributed by atoms with van der Waals surface area (Å²) in [7, 11) is 0. The Labute approximate surface area is 105 Å². The molecule has 1 saturated heterocycles. The van der Waals surface area contributed by atoms with Crippen LogP contribution >= 0.6 is 0 Å². The molecule has 0 aromatic heterocycles. The van der Waals surface area contributed by atoms with E-state index in [4.69, 9.17) is 5.73 Å². The minimum Gasteiger partial charge on any atom is -0.388 e. The largest absolute Gasteiger partial charge is 0.388 e. The van der Waals surface area contributed by atoms with E-state index >= 15 is 0 Å². The molecule has 2 unspecified atom stereocenters. The minimum absolute atomic E-state index is 0.355. The van der Waals surface area contributed by atoms with Crippen molar-refractivity contribution in [2.45, 2.75) is 63.5 Å². The average Bonchev–Trinajstić information content (AvgIpc) is 2.30. The standard InChI is InChI=1S/C14H28N2O/c1-11(2)12-4-3-5-14(17,10-12)13(15)6-8-16-9-7-13/h11-12,16-17H,3-10,15H2,1-2H3. The summed E-state index contributed by atoms with van der Waals surface area (Å²) in [5.41, 5.74) is 5.56. The minimum atomic E-state index is -0.623. The fraction of sp³-hybridized carbons (Fsp3) is 1.00. The molecule has 1 aliphatic heterocycles. The topological polar surface area (TPSA) is 58.3 Å². The summed E-state index contributed by atoms with van der Waals surface area (Å²) in [5.74, 6) is 1.30. The van der Waals surface area contributed by atoms with Gasteiger partial charge in [-0.25, -0.2) is 0 Å². The lowest BCUT2D eigenvalue weighted by Gasteiger charge is -2.51. The highest BCUT2D eigenvalue weighted by Crippen LogP contribution is 2.44. The molecule has 0 amide bonds. The van der Waals surface area contributed by atoms with Gasteiger partial charge in [-0.15, -0.1) is 0 Å². The molecule has 1 saturated carbocycles. The highest BCUT2D eigenvalue weighted by molar-refractivity contribution is 5.08. The second-order valence-corrected chi connectivity index (χ2v) is 6.54. The van der Waals surface area contributed by atoms with Gasteiger partial charge >= 0.3 is 0 Å². The van der Waals surface area contributed by atoms with Gasteiger partial charge in [0, 0.05) is 5.54 Å². The highest BCUT2D eigenvalue weighted by Gasteiger charge is 2.50. The molecule has 1 heterocycles. The van der Waals surface area contributed by atoms with Crippen LogP contribution in [0.5, 0.6) is 0 Å². The predicted octanol–water partition coefficient (Wildman–Crippen LogP) is 1.64. The van der Waals surface area contributed by atoms with E-state index in [-0.39, 0.29) is 5.54 Å². The van der Waals surface area contributed by atoms with E-state index in [1.165, 1.54) is 6.42 Å². The molecule has 0 aromatic carbocycles. The first-order valence-corrected chi connectivity index (χ1v) is 7.19. The van der Waals surface area contributed by atoms with Gasteiger partial charge in [-0.1, -0.05) is 20.3 Å². The lowest BCUT2D eigenvalue weighted by Crippen LogP contribution is -2.66. The molecule has 0 radical (unpaired) electrons. The summed E-state index contributed by atoms with van der Waals surface area (Å²) in [4.78, 5) is 0. The van der Waals surface area contributed by atoms with Gasteiger partial charge in [-0.2, -0.15) is 0 Å². The molecule has 2 fully saturated rings. The van der Waals surface area contributed by atoms with Crippen LogP contribution in [0.25, 0.3) is 0 Å². The summed E-state index contributed by atoms with van der Waals surface area (Å²) in [6, 6.07) is 0. The Morgan fingerprint density at radius 2 is 1.88 bits per heavy atom. The number of nitrogens with one attached hydrogen (secondary N) is 1. The number of nitrogens with two attached hydrogens (primary N) is 1. The van der Waals surface area contributed by atoms with Crippen molar-refractivity contribution in [2.24, 2.45) is 17.6 Å². The van der Waals surface area contributed by atoms with Crippen LogP contribution in [0.2, 0.25) is 0 Å². The van der Waals surface area contributed by atoms with Gasteiger partial charge in [0.15, 0.2) is 0 Å². The van der Waals surface area contributed by atoms with Gasteiger partial charge in [0.05, 0.1) is 5.60 Å². The Morgan fingerprint density at radius 1 is 1.24 bits per heavy atom. The molecular weight excluding hydrogens is 212 g/mol. The van der Waals surface area contributed by atoms with Crippen molar-refractivity contribution in [3.8, 4) is 0 Å². The number of aliphatic hydroxyl groups is 1. The van der Waals surface area contributed by atoms with Crippen LogP contribution < -0.4 is 11.1 Å². The molecule has 0 aromatic rings. The fourth-order valence-electron chi connectivity index (χ4n) is 3.65. The van der Waals surface area contributed by atoms with Crippen molar-refractivity contribution in [1.29, 1.82) is 0 Å². The van der Waals surface area contributed by atoms with Crippen molar-refractivity contribution in [3.05, 3.63) is 0 Å². The molecule has 0 bridgehead atoms. The Hall–Kier alpha value is -0.120. The molecule has 3 nitrogen and oxygen atoms in total. The van der Waals surface area contributed by atoms with Gasteiger partial charge in [0.2, 0.25) is 0 Å². The average molecular weight is 240 g/mol. The van der Waals surface area contributed by atoms with Crippen molar-refractivity contribution >= 4 is 0 Å². The van der Waals surface area contributed by atoms with Gasteiger partial charge < -0.3 is 16.2 Å². The summed E-state index contributed by atoms with van der Waals surface area (Å²) in [6.45, 7) is 6.43. The van der Waals surface area contributed by atoms with Crippen LogP contribution in [-0.2, 0) is 0 Å². The van der Waals surface area contributed by atoms with E-state index in [0.29, 0.717) is 11.8 Å². The number of rotatable bonds is 2. The fourth-order valence-corrected chi connectivity index (χ4v) is 3.65. The van der Waals surface area contributed by atoms with Crippen LogP contribution in [0.4, 0.5) is 0 Å². The number of hydrogen-bond acceptors (Lipinski definition) is 3. The van der Waals surface area contributed by atoms with Crippen molar-refractivity contribution in [1.82, 2.24) is 5.32 Å². The summed E-state index contributed by atoms with van der Waals surface area (Å²) < 4.78 is 0. The van der Waals surface area contributed by atoms with Crippen LogP contribution in [0, 0.1) is 11.8 Å². The Balaban J connectivity index is 2.11. The van der Waals surface area contributed by atoms with E-state index in [9.17, 15) is 5.11 Å². The second kappa shape index (κ2) is 4.87. The first kappa shape index (κ1) is 13.3. The van der Waals surface area contributed by atoms with Crippen molar-refractivity contribution in [3.63, 3.8) is 0 Å². The maximum Gasteiger partial charge on any atom is 0.0830 e. The third-order valence-electron chi connectivity index (χ3n) is 5.13. The van der Waals surface area contributed by atoms with E-state index < -0.39 is 5.60 Å². The van der Waals surface area contributed by atoms with E-state index in [0.717, 1.165) is 45.2 Å². The van der Waals surface area contributed by atoms with Gasteiger partial charge in [0.25, 0.3) is 0 Å². The molecule has 2 atom stereocenters. The zero-order valence-electron chi connectivity index (χ0n) is 11.3. The van der Waals surface area contributed by atoms with E-state index in [1.54, 1.807) is 0 Å². The van der Waals surface area contributed by atoms with Crippen LogP contribution in [0.3, 0.4) is 0 Å². The quantitative estimate of drug-likeness (QED) is 0.688. The molecule has 2 rings (SSSR count). The highest BCUT2D eigenvalue weighted by atomic mass is 16.3. The van der Waals surface area contributed by atoms with Crippen molar-refractivity contribution < 1.29 is 5.11 Å². The monoisotopic (exact) mass is 240 g/mol. The summed E-state index contributed by atoms with van der Waals surface area (Å²) >= 11 is 0. The molecule has 4 N–H and O–H groups in total. The lowest BCUT2D eigenvalue weighted by molar-refractivity contribution is -0.0941. The molecule has 1 aliphatic carbocycles. The molecule has 17 heavy (non-hydrogen) atoms. The normalized spacial score (nSPS) is 38.3. The Bertz CT molecular complexity index is 261. The summed E-state index contributed by atoms with van der Waals surface area (Å²) in [6.07, 6.45) is 6.01. The molecule has 100 valence electrons. The lowest BCUT2D eigenvalue weighted by atomic mass is 9.63. The zero-order valence-corrected chi connectivity index (χ0v) is 11.3. The zero-order chi connectivity index (χ0) is 12.5.